The minimum absolute atomic E-state index is 0.226. The van der Waals surface area contributed by atoms with Gasteiger partial charge >= 0.3 is 0 Å². The summed E-state index contributed by atoms with van der Waals surface area (Å²) in [5.74, 6) is 0.831. The van der Waals surface area contributed by atoms with Gasteiger partial charge in [-0.05, 0) is 38.8 Å². The van der Waals surface area contributed by atoms with Gasteiger partial charge in [0.25, 0.3) is 0 Å². The summed E-state index contributed by atoms with van der Waals surface area (Å²) in [7, 11) is -1.20. The summed E-state index contributed by atoms with van der Waals surface area (Å²) < 4.78 is 25.9. The Morgan fingerprint density at radius 1 is 1.40 bits per heavy atom. The van der Waals surface area contributed by atoms with E-state index in [1.165, 1.54) is 0 Å². The quantitative estimate of drug-likeness (QED) is 0.608. The predicted molar refractivity (Wildman–Crippen MR) is 62.3 cm³/mol. The maximum absolute atomic E-state index is 11.6. The molecule has 1 aliphatic rings. The highest BCUT2D eigenvalue weighted by Crippen LogP contribution is 2.34. The Morgan fingerprint density at radius 2 is 2.13 bits per heavy atom. The average Bonchev–Trinajstić information content (AvgIpc) is 2.83. The van der Waals surface area contributed by atoms with Crippen molar-refractivity contribution in [1.29, 1.82) is 0 Å². The summed E-state index contributed by atoms with van der Waals surface area (Å²) in [5.41, 5.74) is 0. The highest BCUT2D eigenvalue weighted by atomic mass is 32.2. The van der Waals surface area contributed by atoms with Crippen LogP contribution in [0.3, 0.4) is 0 Å². The summed E-state index contributed by atoms with van der Waals surface area (Å²) in [6.45, 7) is 2.89. The summed E-state index contributed by atoms with van der Waals surface area (Å²) in [6, 6.07) is 0.226. The monoisotopic (exact) mass is 234 g/mol. The molecule has 4 nitrogen and oxygen atoms in total. The van der Waals surface area contributed by atoms with Crippen LogP contribution in [0.4, 0.5) is 0 Å². The van der Waals surface area contributed by atoms with Gasteiger partial charge in [-0.25, -0.2) is 13.1 Å². The zero-order valence-electron chi connectivity index (χ0n) is 9.62. The average molecular weight is 234 g/mol. The van der Waals surface area contributed by atoms with Gasteiger partial charge < -0.3 is 5.32 Å². The molecule has 15 heavy (non-hydrogen) atoms. The summed E-state index contributed by atoms with van der Waals surface area (Å²) in [5, 5.41) is 2.95. The van der Waals surface area contributed by atoms with Gasteiger partial charge in [0.2, 0.25) is 10.0 Å². The van der Waals surface area contributed by atoms with Crippen molar-refractivity contribution in [1.82, 2.24) is 10.0 Å². The Morgan fingerprint density at radius 3 is 2.73 bits per heavy atom. The smallest absolute Gasteiger partial charge is 0.211 e. The summed E-state index contributed by atoms with van der Waals surface area (Å²) >= 11 is 0. The van der Waals surface area contributed by atoms with Gasteiger partial charge in [0.05, 0.1) is 5.75 Å². The van der Waals surface area contributed by atoms with E-state index in [1.54, 1.807) is 0 Å². The van der Waals surface area contributed by atoms with E-state index in [9.17, 15) is 8.42 Å². The van der Waals surface area contributed by atoms with Crippen LogP contribution in [-0.4, -0.2) is 33.8 Å². The number of sulfonamides is 1. The fraction of sp³-hybridized carbons (Fsp3) is 1.00. The molecular formula is C10H22N2O2S. The fourth-order valence-corrected chi connectivity index (χ4v) is 3.20. The SMILES string of the molecule is CCCC1CC1NS(=O)(=O)CCCNC. The van der Waals surface area contributed by atoms with E-state index in [-0.39, 0.29) is 11.8 Å². The Balaban J connectivity index is 2.20. The van der Waals surface area contributed by atoms with E-state index in [0.717, 1.165) is 25.8 Å². The van der Waals surface area contributed by atoms with Crippen LogP contribution in [0.5, 0.6) is 0 Å². The van der Waals surface area contributed by atoms with Gasteiger partial charge in [0.15, 0.2) is 0 Å². The molecule has 5 heteroatoms. The first kappa shape index (κ1) is 12.9. The van der Waals surface area contributed by atoms with Gasteiger partial charge in [-0.15, -0.1) is 0 Å². The zero-order chi connectivity index (χ0) is 11.3. The van der Waals surface area contributed by atoms with Crippen LogP contribution >= 0.6 is 0 Å². The van der Waals surface area contributed by atoms with E-state index in [4.69, 9.17) is 0 Å². The molecule has 0 heterocycles. The molecule has 0 aromatic rings. The molecule has 1 fully saturated rings. The minimum Gasteiger partial charge on any atom is -0.320 e. The molecule has 0 radical (unpaired) electrons. The molecule has 1 saturated carbocycles. The molecule has 0 aliphatic heterocycles. The first-order valence-electron chi connectivity index (χ1n) is 5.73. The molecule has 0 bridgehead atoms. The maximum Gasteiger partial charge on any atom is 0.211 e. The molecular weight excluding hydrogens is 212 g/mol. The van der Waals surface area contributed by atoms with Crippen molar-refractivity contribution in [3.05, 3.63) is 0 Å². The van der Waals surface area contributed by atoms with Crippen LogP contribution in [-0.2, 0) is 10.0 Å². The van der Waals surface area contributed by atoms with E-state index in [0.29, 0.717) is 12.3 Å². The second-order valence-corrected chi connectivity index (χ2v) is 6.16. The van der Waals surface area contributed by atoms with E-state index in [1.807, 2.05) is 7.05 Å². The zero-order valence-corrected chi connectivity index (χ0v) is 10.4. The minimum atomic E-state index is -3.03. The normalized spacial score (nSPS) is 25.5. The van der Waals surface area contributed by atoms with Crippen molar-refractivity contribution < 1.29 is 8.42 Å². The topological polar surface area (TPSA) is 58.2 Å². The number of hydrogen-bond acceptors (Lipinski definition) is 3. The molecule has 2 N–H and O–H groups in total. The lowest BCUT2D eigenvalue weighted by atomic mass is 10.2. The second kappa shape index (κ2) is 5.82. The first-order chi connectivity index (χ1) is 7.09. The molecule has 2 atom stereocenters. The molecule has 2 unspecified atom stereocenters. The van der Waals surface area contributed by atoms with Crippen LogP contribution in [0.25, 0.3) is 0 Å². The molecule has 90 valence electrons. The second-order valence-electron chi connectivity index (χ2n) is 4.28. The Bertz CT molecular complexity index is 277. The van der Waals surface area contributed by atoms with Crippen molar-refractivity contribution in [2.45, 2.75) is 38.6 Å². The fourth-order valence-electron chi connectivity index (χ4n) is 1.81. The molecule has 0 aromatic heterocycles. The van der Waals surface area contributed by atoms with E-state index in [2.05, 4.69) is 17.0 Å². The van der Waals surface area contributed by atoms with Gasteiger partial charge in [0.1, 0.15) is 0 Å². The third kappa shape index (κ3) is 4.95. The first-order valence-corrected chi connectivity index (χ1v) is 7.39. The molecule has 0 aromatic carbocycles. The number of nitrogens with one attached hydrogen (secondary N) is 2. The van der Waals surface area contributed by atoms with Crippen molar-refractivity contribution in [3.63, 3.8) is 0 Å². The van der Waals surface area contributed by atoms with Crippen molar-refractivity contribution in [2.24, 2.45) is 5.92 Å². The predicted octanol–water partition coefficient (Wildman–Crippen LogP) is 0.704. The molecule has 0 amide bonds. The third-order valence-electron chi connectivity index (χ3n) is 2.75. The van der Waals surface area contributed by atoms with Crippen molar-refractivity contribution >= 4 is 10.0 Å². The van der Waals surface area contributed by atoms with Crippen LogP contribution in [0.1, 0.15) is 32.6 Å². The van der Waals surface area contributed by atoms with Crippen LogP contribution in [0.2, 0.25) is 0 Å². The van der Waals surface area contributed by atoms with E-state index < -0.39 is 10.0 Å². The highest BCUT2D eigenvalue weighted by Gasteiger charge is 2.38. The van der Waals surface area contributed by atoms with Crippen LogP contribution in [0, 0.1) is 5.92 Å². The molecule has 0 saturated heterocycles. The summed E-state index contributed by atoms with van der Waals surface area (Å²) in [4.78, 5) is 0. The number of hydrogen-bond donors (Lipinski definition) is 2. The lowest BCUT2D eigenvalue weighted by molar-refractivity contribution is 0.569. The van der Waals surface area contributed by atoms with Crippen LogP contribution < -0.4 is 10.0 Å². The van der Waals surface area contributed by atoms with Crippen molar-refractivity contribution in [3.8, 4) is 0 Å². The van der Waals surface area contributed by atoms with Crippen molar-refractivity contribution in [2.75, 3.05) is 19.3 Å². The molecule has 0 spiro atoms. The Hall–Kier alpha value is -0.130. The third-order valence-corrected chi connectivity index (χ3v) is 4.24. The summed E-state index contributed by atoms with van der Waals surface area (Å²) in [6.07, 6.45) is 3.99. The highest BCUT2D eigenvalue weighted by molar-refractivity contribution is 7.89. The van der Waals surface area contributed by atoms with Gasteiger partial charge in [-0.3, -0.25) is 0 Å². The van der Waals surface area contributed by atoms with E-state index >= 15 is 0 Å². The van der Waals surface area contributed by atoms with Crippen LogP contribution in [0.15, 0.2) is 0 Å². The number of rotatable bonds is 8. The van der Waals surface area contributed by atoms with Gasteiger partial charge in [-0.1, -0.05) is 13.3 Å². The Labute approximate surface area is 92.9 Å². The lowest BCUT2D eigenvalue weighted by Crippen LogP contribution is -2.30. The van der Waals surface area contributed by atoms with Gasteiger partial charge in [0, 0.05) is 6.04 Å². The standard InChI is InChI=1S/C10H22N2O2S/c1-3-5-9-8-10(9)12-15(13,14)7-4-6-11-2/h9-12H,3-8H2,1-2H3. The van der Waals surface area contributed by atoms with Gasteiger partial charge in [-0.2, -0.15) is 0 Å². The molecule has 1 aliphatic carbocycles. The Kier molecular flexibility index (Phi) is 5.02. The molecule has 1 rings (SSSR count). The largest absolute Gasteiger partial charge is 0.320 e. The maximum atomic E-state index is 11.6. The lowest BCUT2D eigenvalue weighted by Gasteiger charge is -2.05.